The highest BCUT2D eigenvalue weighted by Crippen LogP contribution is 2.65. The molecule has 4 aliphatic rings. The fourth-order valence-corrected chi connectivity index (χ4v) is 8.15. The highest BCUT2D eigenvalue weighted by Gasteiger charge is 2.67. The van der Waals surface area contributed by atoms with Crippen LogP contribution in [-0.2, 0) is 28.5 Å². The Bertz CT molecular complexity index is 1130. The third-order valence-corrected chi connectivity index (χ3v) is 11.5. The number of amides is 4. The Morgan fingerprint density at radius 1 is 0.827 bits per heavy atom. The second-order valence-electron chi connectivity index (χ2n) is 16.0. The number of nitrogens with one attached hydrogen (secondary N) is 6. The van der Waals surface area contributed by atoms with Crippen LogP contribution in [0.15, 0.2) is 0 Å². The van der Waals surface area contributed by atoms with Gasteiger partial charge in [-0.1, -0.05) is 65.7 Å². The topological polar surface area (TPSA) is 205 Å². The smallest absolute Gasteiger partial charge is 0.404 e. The minimum atomic E-state index is -1.25. The molecule has 0 radical (unpaired) electrons. The number of nitrogens with two attached hydrogens (primary N) is 1. The van der Waals surface area contributed by atoms with Gasteiger partial charge in [0, 0.05) is 13.1 Å². The Morgan fingerprint density at radius 2 is 1.50 bits per heavy atom. The summed E-state index contributed by atoms with van der Waals surface area (Å²) < 4.78 is 12.6. The van der Waals surface area contributed by atoms with E-state index in [4.69, 9.17) is 15.0 Å². The van der Waals surface area contributed by atoms with Crippen molar-refractivity contribution in [2.24, 2.45) is 23.0 Å². The first-order valence-electron chi connectivity index (χ1n) is 20.1. The van der Waals surface area contributed by atoms with E-state index in [2.05, 4.69) is 59.6 Å². The molecule has 9 N–H and O–H groups in total. The molecule has 0 aromatic rings. The highest BCUT2D eigenvalue weighted by molar-refractivity contribution is 6.46. The van der Waals surface area contributed by atoms with E-state index in [-0.39, 0.29) is 36.0 Å². The first-order chi connectivity index (χ1) is 24.8. The number of rotatable bonds is 27. The van der Waals surface area contributed by atoms with Gasteiger partial charge in [0.25, 0.3) is 0 Å². The van der Waals surface area contributed by atoms with Crippen molar-refractivity contribution in [3.8, 4) is 0 Å². The van der Waals surface area contributed by atoms with Crippen LogP contribution in [0.25, 0.3) is 0 Å². The zero-order valence-electron chi connectivity index (χ0n) is 32.7. The highest BCUT2D eigenvalue weighted by atomic mass is 16.7. The molecule has 3 aliphatic carbocycles. The largest absolute Gasteiger partial charge is 0.478 e. The molecule has 4 amide bonds. The molecule has 4 fully saturated rings. The van der Waals surface area contributed by atoms with E-state index in [1.165, 1.54) is 51.9 Å². The van der Waals surface area contributed by atoms with Crippen LogP contribution in [0.3, 0.4) is 0 Å². The molecule has 0 aromatic heterocycles. The van der Waals surface area contributed by atoms with Crippen LogP contribution < -0.4 is 37.6 Å². The lowest BCUT2D eigenvalue weighted by atomic mass is 9.43. The summed E-state index contributed by atoms with van der Waals surface area (Å²) in [6.45, 7) is 12.5. The summed E-state index contributed by atoms with van der Waals surface area (Å²) in [7, 11) is -0.571. The molecule has 2 bridgehead atoms. The molecule has 6 unspecified atom stereocenters. The molecule has 3 saturated carbocycles. The van der Waals surface area contributed by atoms with E-state index in [0.717, 1.165) is 25.8 Å². The molecule has 0 spiro atoms. The third kappa shape index (κ3) is 13.2. The third-order valence-electron chi connectivity index (χ3n) is 11.5. The van der Waals surface area contributed by atoms with Crippen LogP contribution in [0.4, 0.5) is 0 Å². The van der Waals surface area contributed by atoms with Gasteiger partial charge in [-0.05, 0) is 82.7 Å². The van der Waals surface area contributed by atoms with Gasteiger partial charge in [-0.3, -0.25) is 19.2 Å². The van der Waals surface area contributed by atoms with Crippen molar-refractivity contribution in [1.29, 1.82) is 0 Å². The van der Waals surface area contributed by atoms with Gasteiger partial charge in [-0.15, -0.1) is 0 Å². The molecular formula is C37H70BN7O7. The lowest BCUT2D eigenvalue weighted by Gasteiger charge is -2.64. The van der Waals surface area contributed by atoms with Gasteiger partial charge in [-0.25, -0.2) is 0 Å². The zero-order valence-corrected chi connectivity index (χ0v) is 32.7. The number of aliphatic hydroxyl groups is 1. The lowest BCUT2D eigenvalue weighted by Crippen LogP contribution is -2.65. The predicted octanol–water partition coefficient (Wildman–Crippen LogP) is 1.29. The Kier molecular flexibility index (Phi) is 18.8. The van der Waals surface area contributed by atoms with Gasteiger partial charge in [-0.2, -0.15) is 0 Å². The van der Waals surface area contributed by atoms with Crippen molar-refractivity contribution in [2.75, 3.05) is 45.7 Å². The number of carbonyl (C=O) groups is 4. The summed E-state index contributed by atoms with van der Waals surface area (Å²) >= 11 is 0. The summed E-state index contributed by atoms with van der Waals surface area (Å²) in [5, 5.41) is 27.2. The fraction of sp³-hybridized carbons (Fsp3) is 0.892. The average molecular weight is 736 g/mol. The second-order valence-corrected chi connectivity index (χ2v) is 16.0. The van der Waals surface area contributed by atoms with E-state index in [1.807, 2.05) is 0 Å². The van der Waals surface area contributed by atoms with Gasteiger partial charge >= 0.3 is 7.12 Å². The Hall–Kier alpha value is -2.30. The van der Waals surface area contributed by atoms with Crippen LogP contribution >= 0.6 is 0 Å². The van der Waals surface area contributed by atoms with Crippen molar-refractivity contribution in [3.05, 3.63) is 0 Å². The molecule has 4 rings (SSSR count). The maximum Gasteiger partial charge on any atom is 0.478 e. The van der Waals surface area contributed by atoms with E-state index in [9.17, 15) is 24.3 Å². The molecular weight excluding hydrogens is 665 g/mol. The van der Waals surface area contributed by atoms with Crippen molar-refractivity contribution >= 4 is 30.7 Å². The molecule has 298 valence electrons. The summed E-state index contributed by atoms with van der Waals surface area (Å²) in [6.07, 6.45) is 12.9. The van der Waals surface area contributed by atoms with E-state index in [1.54, 1.807) is 0 Å². The fourth-order valence-electron chi connectivity index (χ4n) is 8.15. The predicted molar refractivity (Wildman–Crippen MR) is 203 cm³/mol. The Balaban J connectivity index is 1.34. The molecule has 1 heterocycles. The Morgan fingerprint density at radius 3 is 2.17 bits per heavy atom. The molecule has 52 heavy (non-hydrogen) atoms. The SMILES string of the molecule is CCCCCCCCCCNCCNCC(=O)NC(C(=O)NCC(=O)NC(CCCCN)C(=O)NCB1OC2CC3CC(C3(C)C)[C@]2(C)O1)C(C)O. The first-order valence-corrected chi connectivity index (χ1v) is 20.1. The average Bonchev–Trinajstić information content (AvgIpc) is 3.46. The molecule has 15 heteroatoms. The minimum Gasteiger partial charge on any atom is -0.404 e. The molecule has 0 aromatic carbocycles. The first kappa shape index (κ1) is 44.1. The molecule has 1 saturated heterocycles. The summed E-state index contributed by atoms with van der Waals surface area (Å²) in [5.41, 5.74) is 5.48. The maximum atomic E-state index is 13.2. The number of unbranched alkanes of at least 4 members (excludes halogenated alkanes) is 8. The van der Waals surface area contributed by atoms with E-state index in [0.29, 0.717) is 50.7 Å². The normalized spacial score (nSPS) is 24.6. The second kappa shape index (κ2) is 22.2. The van der Waals surface area contributed by atoms with Gasteiger partial charge in [0.15, 0.2) is 0 Å². The Labute approximate surface area is 312 Å². The van der Waals surface area contributed by atoms with Crippen LogP contribution in [0.2, 0.25) is 0 Å². The quantitative estimate of drug-likeness (QED) is 0.0449. The summed E-state index contributed by atoms with van der Waals surface area (Å²) in [6, 6.07) is -2.10. The van der Waals surface area contributed by atoms with Gasteiger partial charge < -0.3 is 52.0 Å². The van der Waals surface area contributed by atoms with Crippen molar-refractivity contribution in [1.82, 2.24) is 31.9 Å². The minimum absolute atomic E-state index is 0.00198. The van der Waals surface area contributed by atoms with Crippen LogP contribution in [-0.4, -0.2) is 111 Å². The van der Waals surface area contributed by atoms with Gasteiger partial charge in [0.1, 0.15) is 12.1 Å². The van der Waals surface area contributed by atoms with Crippen molar-refractivity contribution < 1.29 is 33.6 Å². The van der Waals surface area contributed by atoms with Crippen LogP contribution in [0.1, 0.15) is 118 Å². The van der Waals surface area contributed by atoms with Crippen molar-refractivity contribution in [3.63, 3.8) is 0 Å². The number of hydrogen-bond donors (Lipinski definition) is 8. The maximum absolute atomic E-state index is 13.2. The van der Waals surface area contributed by atoms with Crippen molar-refractivity contribution in [2.45, 2.75) is 148 Å². The van der Waals surface area contributed by atoms with Crippen LogP contribution in [0.5, 0.6) is 0 Å². The number of hydrogen-bond acceptors (Lipinski definition) is 10. The van der Waals surface area contributed by atoms with Gasteiger partial charge in [0.05, 0.1) is 37.3 Å². The zero-order chi connectivity index (χ0) is 38.1. The van der Waals surface area contributed by atoms with Gasteiger partial charge in [0.2, 0.25) is 23.6 Å². The van der Waals surface area contributed by atoms with E-state index >= 15 is 0 Å². The monoisotopic (exact) mass is 736 g/mol. The number of carbonyl (C=O) groups excluding carboxylic acids is 4. The van der Waals surface area contributed by atoms with E-state index < -0.39 is 49.6 Å². The summed E-state index contributed by atoms with van der Waals surface area (Å²) in [5.74, 6) is -1.09. The molecule has 1 aliphatic heterocycles. The summed E-state index contributed by atoms with van der Waals surface area (Å²) in [4.78, 5) is 51.5. The number of aliphatic hydroxyl groups excluding tert-OH is 1. The molecule has 14 nitrogen and oxygen atoms in total. The molecule has 7 atom stereocenters. The lowest BCUT2D eigenvalue weighted by molar-refractivity contribution is -0.199. The standard InChI is InChI=1S/C37H70BN7O7/c1-6-7-8-9-10-11-12-15-18-40-19-20-41-23-31(47)45-33(26(2)46)35(50)42-24-32(48)44-28(16-13-14-17-39)34(49)43-25-38-51-30-22-27-21-29(36(27,3)4)37(30,5)52-38/h26-30,33,40-41,46H,6-25,39H2,1-5H3,(H,42,50)(H,43,49)(H,44,48)(H,45,47)/t26?,27?,28?,29?,30?,33?,37-/m0/s1. The van der Waals surface area contributed by atoms with Crippen LogP contribution in [0, 0.1) is 17.3 Å².